The Morgan fingerprint density at radius 1 is 1.29 bits per heavy atom. The lowest BCUT2D eigenvalue weighted by Crippen LogP contribution is -2.01. The molecule has 0 aliphatic carbocycles. The number of nitrogens with one attached hydrogen (secondary N) is 1. The molecule has 0 saturated carbocycles. The summed E-state index contributed by atoms with van der Waals surface area (Å²) in [6.45, 7) is 2.58. The number of hydrogen-bond donors (Lipinski definition) is 2. The average Bonchev–Trinajstić information content (AvgIpc) is 3.07. The fourth-order valence-corrected chi connectivity index (χ4v) is 3.05. The van der Waals surface area contributed by atoms with E-state index in [4.69, 9.17) is 5.73 Å². The van der Waals surface area contributed by atoms with Gasteiger partial charge in [0.05, 0.1) is 15.6 Å². The fraction of sp³-hybridized carbons (Fsp3) is 0.286. The van der Waals surface area contributed by atoms with Crippen LogP contribution in [-0.2, 0) is 12.8 Å². The zero-order valence-electron chi connectivity index (χ0n) is 11.7. The summed E-state index contributed by atoms with van der Waals surface area (Å²) in [4.78, 5) is 14.3. The highest BCUT2D eigenvalue weighted by Crippen LogP contribution is 2.27. The molecule has 0 atom stereocenters. The van der Waals surface area contributed by atoms with E-state index < -0.39 is 0 Å². The zero-order chi connectivity index (χ0) is 14.7. The van der Waals surface area contributed by atoms with Gasteiger partial charge in [-0.1, -0.05) is 6.07 Å². The minimum Gasteiger partial charge on any atom is -0.330 e. The molecule has 0 fully saturated rings. The Balaban J connectivity index is 1.81. The van der Waals surface area contributed by atoms with Gasteiger partial charge in [0.1, 0.15) is 5.82 Å². The lowest BCUT2D eigenvalue weighted by molar-refractivity contribution is 0.941. The van der Waals surface area contributed by atoms with Crippen molar-refractivity contribution in [2.45, 2.75) is 19.8 Å². The summed E-state index contributed by atoms with van der Waals surface area (Å²) < 4.78 is 0. The Kier molecular flexibility index (Phi) is 4.03. The smallest absolute Gasteiger partial charge is 0.193 e. The number of nitrogens with zero attached hydrogens (tertiary/aromatic N) is 4. The number of thiazole rings is 1. The second-order valence-corrected chi connectivity index (χ2v) is 5.75. The number of H-pyrrole nitrogens is 1. The molecule has 3 heterocycles. The topological polar surface area (TPSA) is 93.4 Å². The predicted molar refractivity (Wildman–Crippen MR) is 82.0 cm³/mol. The van der Waals surface area contributed by atoms with E-state index >= 15 is 0 Å². The summed E-state index contributed by atoms with van der Waals surface area (Å²) in [6, 6.07) is 5.83. The first-order chi connectivity index (χ1) is 10.3. The van der Waals surface area contributed by atoms with Crippen LogP contribution in [-0.4, -0.2) is 31.7 Å². The third-order valence-electron chi connectivity index (χ3n) is 3.01. The van der Waals surface area contributed by atoms with Gasteiger partial charge in [-0.2, -0.15) is 5.10 Å². The van der Waals surface area contributed by atoms with Crippen molar-refractivity contribution in [2.75, 3.05) is 6.54 Å². The van der Waals surface area contributed by atoms with Crippen LogP contribution in [0.25, 0.3) is 10.7 Å². The monoisotopic (exact) mass is 300 g/mol. The molecule has 0 aliphatic heterocycles. The van der Waals surface area contributed by atoms with E-state index in [-0.39, 0.29) is 0 Å². The number of nitrogens with two attached hydrogens (primary N) is 1. The number of aromatic amines is 1. The minimum absolute atomic E-state index is 0.602. The van der Waals surface area contributed by atoms with E-state index in [0.29, 0.717) is 18.8 Å². The zero-order valence-corrected chi connectivity index (χ0v) is 12.5. The van der Waals surface area contributed by atoms with Gasteiger partial charge < -0.3 is 5.73 Å². The Morgan fingerprint density at radius 2 is 2.19 bits per heavy atom. The standard InChI is InChI=1S/C14H16N6S/c1-9-13(21-12(17-9)5-6-15)14-18-11(19-20-14)8-10-4-2-3-7-16-10/h2-4,7H,5-6,8,15H2,1H3,(H,18,19,20). The van der Waals surface area contributed by atoms with Gasteiger partial charge in [0.25, 0.3) is 0 Å². The van der Waals surface area contributed by atoms with Gasteiger partial charge in [0.2, 0.25) is 0 Å². The first kappa shape index (κ1) is 13.8. The number of rotatable bonds is 5. The average molecular weight is 300 g/mol. The molecule has 108 valence electrons. The number of aryl methyl sites for hydroxylation is 1. The molecule has 6 nitrogen and oxygen atoms in total. The molecule has 0 bridgehead atoms. The Labute approximate surface area is 126 Å². The van der Waals surface area contributed by atoms with Crippen molar-refractivity contribution in [1.29, 1.82) is 0 Å². The number of pyridine rings is 1. The summed E-state index contributed by atoms with van der Waals surface area (Å²) in [6.07, 6.45) is 3.21. The third kappa shape index (κ3) is 3.14. The summed E-state index contributed by atoms with van der Waals surface area (Å²) >= 11 is 1.61. The van der Waals surface area contributed by atoms with Crippen LogP contribution in [0.5, 0.6) is 0 Å². The van der Waals surface area contributed by atoms with Gasteiger partial charge in [0.15, 0.2) is 5.82 Å². The molecular weight excluding hydrogens is 284 g/mol. The molecule has 3 rings (SSSR count). The van der Waals surface area contributed by atoms with Crippen molar-refractivity contribution in [1.82, 2.24) is 25.1 Å². The van der Waals surface area contributed by atoms with E-state index in [1.165, 1.54) is 0 Å². The molecule has 7 heteroatoms. The lowest BCUT2D eigenvalue weighted by atomic mass is 10.2. The summed E-state index contributed by atoms with van der Waals surface area (Å²) in [7, 11) is 0. The fourth-order valence-electron chi connectivity index (χ4n) is 2.04. The molecule has 21 heavy (non-hydrogen) atoms. The molecule has 0 unspecified atom stereocenters. The highest BCUT2D eigenvalue weighted by molar-refractivity contribution is 7.15. The number of aromatic nitrogens is 5. The molecule has 3 aromatic heterocycles. The van der Waals surface area contributed by atoms with Gasteiger partial charge in [-0.05, 0) is 25.6 Å². The van der Waals surface area contributed by atoms with Crippen LogP contribution in [0.1, 0.15) is 22.2 Å². The van der Waals surface area contributed by atoms with Crippen LogP contribution in [0, 0.1) is 6.92 Å². The molecule has 0 aromatic carbocycles. The molecule has 0 aliphatic rings. The quantitative estimate of drug-likeness (QED) is 0.748. The van der Waals surface area contributed by atoms with Crippen molar-refractivity contribution in [2.24, 2.45) is 5.73 Å². The van der Waals surface area contributed by atoms with Crippen LogP contribution in [0.15, 0.2) is 24.4 Å². The van der Waals surface area contributed by atoms with E-state index in [1.807, 2.05) is 25.1 Å². The molecular formula is C14H16N6S. The molecule has 3 N–H and O–H groups in total. The van der Waals surface area contributed by atoms with Crippen molar-refractivity contribution in [3.63, 3.8) is 0 Å². The third-order valence-corrected chi connectivity index (χ3v) is 4.22. The van der Waals surface area contributed by atoms with E-state index in [0.717, 1.165) is 33.5 Å². The van der Waals surface area contributed by atoms with Gasteiger partial charge in [0, 0.05) is 24.7 Å². The SMILES string of the molecule is Cc1nc(CCN)sc1-c1n[nH]c(Cc2ccccn2)n1. The van der Waals surface area contributed by atoms with Gasteiger partial charge in [-0.25, -0.2) is 9.97 Å². The molecule has 0 radical (unpaired) electrons. The highest BCUT2D eigenvalue weighted by Gasteiger charge is 2.14. The minimum atomic E-state index is 0.602. The van der Waals surface area contributed by atoms with Crippen molar-refractivity contribution < 1.29 is 0 Å². The van der Waals surface area contributed by atoms with Crippen LogP contribution in [0.2, 0.25) is 0 Å². The van der Waals surface area contributed by atoms with Gasteiger partial charge in [-0.15, -0.1) is 11.3 Å². The summed E-state index contributed by atoms with van der Waals surface area (Å²) in [5.74, 6) is 1.50. The van der Waals surface area contributed by atoms with Crippen molar-refractivity contribution in [3.05, 3.63) is 46.6 Å². The van der Waals surface area contributed by atoms with Crippen LogP contribution < -0.4 is 5.73 Å². The van der Waals surface area contributed by atoms with E-state index in [1.54, 1.807) is 17.5 Å². The molecule has 0 spiro atoms. The van der Waals surface area contributed by atoms with Crippen molar-refractivity contribution >= 4 is 11.3 Å². The maximum Gasteiger partial charge on any atom is 0.193 e. The lowest BCUT2D eigenvalue weighted by Gasteiger charge is -1.94. The Bertz CT molecular complexity index is 718. The molecule has 0 amide bonds. The van der Waals surface area contributed by atoms with Crippen LogP contribution in [0.4, 0.5) is 0 Å². The first-order valence-electron chi connectivity index (χ1n) is 6.74. The van der Waals surface area contributed by atoms with Gasteiger partial charge >= 0.3 is 0 Å². The summed E-state index contributed by atoms with van der Waals surface area (Å²) in [5, 5.41) is 8.30. The first-order valence-corrected chi connectivity index (χ1v) is 7.56. The largest absolute Gasteiger partial charge is 0.330 e. The highest BCUT2D eigenvalue weighted by atomic mass is 32.1. The van der Waals surface area contributed by atoms with Crippen LogP contribution >= 0.6 is 11.3 Å². The molecule has 0 saturated heterocycles. The van der Waals surface area contributed by atoms with Crippen molar-refractivity contribution in [3.8, 4) is 10.7 Å². The maximum absolute atomic E-state index is 5.57. The maximum atomic E-state index is 5.57. The number of hydrogen-bond acceptors (Lipinski definition) is 6. The molecule has 3 aromatic rings. The van der Waals surface area contributed by atoms with E-state index in [9.17, 15) is 0 Å². The van der Waals surface area contributed by atoms with E-state index in [2.05, 4.69) is 25.1 Å². The van der Waals surface area contributed by atoms with Crippen LogP contribution in [0.3, 0.4) is 0 Å². The predicted octanol–water partition coefficient (Wildman–Crippen LogP) is 1.72. The summed E-state index contributed by atoms with van der Waals surface area (Å²) in [5.41, 5.74) is 7.48. The second-order valence-electron chi connectivity index (χ2n) is 4.66. The van der Waals surface area contributed by atoms with Gasteiger partial charge in [-0.3, -0.25) is 10.1 Å². The Hall–Kier alpha value is -2.12. The normalized spacial score (nSPS) is 11.0. The Morgan fingerprint density at radius 3 is 2.95 bits per heavy atom. The second kappa shape index (κ2) is 6.11.